The normalized spacial score (nSPS) is 10.7. The molecule has 122 valence electrons. The molecule has 0 aliphatic heterocycles. The number of carboxylic acids is 1. The van der Waals surface area contributed by atoms with Crippen LogP contribution < -0.4 is 5.32 Å². The summed E-state index contributed by atoms with van der Waals surface area (Å²) in [7, 11) is 0. The molecule has 2 N–H and O–H groups in total. The van der Waals surface area contributed by atoms with Crippen molar-refractivity contribution in [2.24, 2.45) is 0 Å². The number of nitrogens with zero attached hydrogens (tertiary/aromatic N) is 1. The van der Waals surface area contributed by atoms with Crippen LogP contribution in [0.4, 0.5) is 5.69 Å². The van der Waals surface area contributed by atoms with E-state index >= 15 is 0 Å². The average Bonchev–Trinajstić information content (AvgIpc) is 2.97. The molecule has 0 unspecified atom stereocenters. The van der Waals surface area contributed by atoms with Crippen LogP contribution in [0.15, 0.2) is 46.8 Å². The minimum Gasteiger partial charge on any atom is -0.478 e. The van der Waals surface area contributed by atoms with Gasteiger partial charge in [0.1, 0.15) is 0 Å². The van der Waals surface area contributed by atoms with Crippen molar-refractivity contribution in [2.75, 3.05) is 11.1 Å². The van der Waals surface area contributed by atoms with Gasteiger partial charge in [0.05, 0.1) is 21.5 Å². The predicted octanol–water partition coefficient (Wildman–Crippen LogP) is 4.03. The van der Waals surface area contributed by atoms with Gasteiger partial charge in [-0.3, -0.25) is 4.79 Å². The maximum atomic E-state index is 12.1. The lowest BCUT2D eigenvalue weighted by Crippen LogP contribution is -2.15. The zero-order chi connectivity index (χ0) is 17.1. The summed E-state index contributed by atoms with van der Waals surface area (Å²) in [4.78, 5) is 27.5. The number of benzene rings is 2. The number of amides is 1. The summed E-state index contributed by atoms with van der Waals surface area (Å²) in [6.07, 6.45) is 0. The van der Waals surface area contributed by atoms with E-state index in [1.165, 1.54) is 17.8 Å². The second-order valence-electron chi connectivity index (χ2n) is 5.12. The first-order chi connectivity index (χ1) is 11.5. The Kier molecular flexibility index (Phi) is 4.82. The molecular formula is C17H14N2O3S2. The first kappa shape index (κ1) is 16.5. The first-order valence-corrected chi connectivity index (χ1v) is 8.95. The number of carbonyl (C=O) groups is 2. The highest BCUT2D eigenvalue weighted by Crippen LogP contribution is 2.29. The van der Waals surface area contributed by atoms with Crippen LogP contribution in [0, 0.1) is 6.92 Å². The van der Waals surface area contributed by atoms with Crippen molar-refractivity contribution in [1.29, 1.82) is 0 Å². The fourth-order valence-electron chi connectivity index (χ4n) is 2.16. The number of aromatic nitrogens is 1. The minimum absolute atomic E-state index is 0.148. The van der Waals surface area contributed by atoms with E-state index in [0.29, 0.717) is 11.3 Å². The number of aromatic carboxylic acids is 1. The van der Waals surface area contributed by atoms with Crippen molar-refractivity contribution in [3.63, 3.8) is 0 Å². The number of carbonyl (C=O) groups excluding carboxylic acids is 1. The zero-order valence-electron chi connectivity index (χ0n) is 12.8. The lowest BCUT2D eigenvalue weighted by Gasteiger charge is -2.08. The average molecular weight is 358 g/mol. The fraction of sp³-hybridized carbons (Fsp3) is 0.118. The standard InChI is InChI=1S/C17H14N2O3S2/c1-10-8-11(16(21)22)6-7-12(10)18-15(20)9-23-17-19-13-4-2-3-5-14(13)24-17/h2-8H,9H2,1H3,(H,18,20)(H,21,22). The topological polar surface area (TPSA) is 79.3 Å². The maximum absolute atomic E-state index is 12.1. The Morgan fingerprint density at radius 3 is 2.75 bits per heavy atom. The van der Waals surface area contributed by atoms with Gasteiger partial charge >= 0.3 is 5.97 Å². The number of hydrogen-bond donors (Lipinski definition) is 2. The van der Waals surface area contributed by atoms with Crippen molar-refractivity contribution in [3.05, 3.63) is 53.6 Å². The number of carboxylic acid groups (broad SMARTS) is 1. The molecule has 3 rings (SSSR count). The number of anilines is 1. The van der Waals surface area contributed by atoms with Crippen LogP contribution in [0.3, 0.4) is 0 Å². The van der Waals surface area contributed by atoms with Gasteiger partial charge < -0.3 is 10.4 Å². The molecule has 5 nitrogen and oxygen atoms in total. The fourth-order valence-corrected chi connectivity index (χ4v) is 4.03. The molecule has 1 aromatic heterocycles. The van der Waals surface area contributed by atoms with Crippen LogP contribution in [0.5, 0.6) is 0 Å². The van der Waals surface area contributed by atoms with Gasteiger partial charge in [0.25, 0.3) is 0 Å². The summed E-state index contributed by atoms with van der Waals surface area (Å²) < 4.78 is 1.95. The Bertz CT molecular complexity index is 888. The molecule has 0 saturated carbocycles. The quantitative estimate of drug-likeness (QED) is 0.673. The van der Waals surface area contributed by atoms with E-state index in [9.17, 15) is 9.59 Å². The number of hydrogen-bond acceptors (Lipinski definition) is 5. The number of thiazole rings is 1. The Balaban J connectivity index is 1.62. The number of thioether (sulfide) groups is 1. The zero-order valence-corrected chi connectivity index (χ0v) is 14.4. The van der Waals surface area contributed by atoms with E-state index < -0.39 is 5.97 Å². The Hall–Kier alpha value is -2.38. The van der Waals surface area contributed by atoms with E-state index in [-0.39, 0.29) is 17.2 Å². The van der Waals surface area contributed by atoms with Crippen LogP contribution in [0.2, 0.25) is 0 Å². The van der Waals surface area contributed by atoms with Crippen molar-refractivity contribution in [1.82, 2.24) is 4.98 Å². The molecule has 0 atom stereocenters. The van der Waals surface area contributed by atoms with Gasteiger partial charge in [0.2, 0.25) is 5.91 Å². The number of aryl methyl sites for hydroxylation is 1. The first-order valence-electron chi connectivity index (χ1n) is 7.15. The third-order valence-corrected chi connectivity index (χ3v) is 5.53. The SMILES string of the molecule is Cc1cc(C(=O)O)ccc1NC(=O)CSc1nc2ccccc2s1. The van der Waals surface area contributed by atoms with Gasteiger partial charge in [-0.05, 0) is 42.8 Å². The van der Waals surface area contributed by atoms with Crippen molar-refractivity contribution in [2.45, 2.75) is 11.3 Å². The smallest absolute Gasteiger partial charge is 0.335 e. The molecule has 0 aliphatic carbocycles. The van der Waals surface area contributed by atoms with E-state index in [0.717, 1.165) is 14.6 Å². The third-order valence-electron chi connectivity index (χ3n) is 3.35. The van der Waals surface area contributed by atoms with Crippen LogP contribution in [-0.4, -0.2) is 27.7 Å². The number of para-hydroxylation sites is 1. The van der Waals surface area contributed by atoms with Gasteiger partial charge in [0.15, 0.2) is 4.34 Å². The molecule has 2 aromatic carbocycles. The molecule has 1 heterocycles. The van der Waals surface area contributed by atoms with Gasteiger partial charge in [-0.2, -0.15) is 0 Å². The third kappa shape index (κ3) is 3.74. The van der Waals surface area contributed by atoms with Gasteiger partial charge in [-0.1, -0.05) is 23.9 Å². The van der Waals surface area contributed by atoms with Crippen LogP contribution in [-0.2, 0) is 4.79 Å². The Labute approximate surface area is 146 Å². The number of nitrogens with one attached hydrogen (secondary N) is 1. The van der Waals surface area contributed by atoms with E-state index in [1.807, 2.05) is 24.3 Å². The second kappa shape index (κ2) is 7.02. The summed E-state index contributed by atoms with van der Waals surface area (Å²) >= 11 is 2.95. The second-order valence-corrected chi connectivity index (χ2v) is 7.37. The monoisotopic (exact) mass is 358 g/mol. The number of rotatable bonds is 5. The van der Waals surface area contributed by atoms with Gasteiger partial charge in [0, 0.05) is 5.69 Å². The largest absolute Gasteiger partial charge is 0.478 e. The van der Waals surface area contributed by atoms with E-state index in [1.54, 1.807) is 30.4 Å². The maximum Gasteiger partial charge on any atom is 0.335 e. The summed E-state index contributed by atoms with van der Waals surface area (Å²) in [5.41, 5.74) is 2.47. The van der Waals surface area contributed by atoms with Gasteiger partial charge in [-0.15, -0.1) is 11.3 Å². The van der Waals surface area contributed by atoms with Crippen molar-refractivity contribution >= 4 is 50.9 Å². The lowest BCUT2D eigenvalue weighted by molar-refractivity contribution is -0.113. The highest BCUT2D eigenvalue weighted by atomic mass is 32.2. The summed E-state index contributed by atoms with van der Waals surface area (Å²) in [5.74, 6) is -0.882. The molecule has 0 bridgehead atoms. The van der Waals surface area contributed by atoms with Crippen molar-refractivity contribution < 1.29 is 14.7 Å². The molecule has 0 aliphatic rings. The lowest BCUT2D eigenvalue weighted by atomic mass is 10.1. The number of fused-ring (bicyclic) bond motifs is 1. The predicted molar refractivity (Wildman–Crippen MR) is 97.1 cm³/mol. The summed E-state index contributed by atoms with van der Waals surface area (Å²) in [5, 5.41) is 11.8. The van der Waals surface area contributed by atoms with Crippen LogP contribution in [0.25, 0.3) is 10.2 Å². The Morgan fingerprint density at radius 1 is 1.25 bits per heavy atom. The molecule has 0 spiro atoms. The molecule has 0 saturated heterocycles. The molecule has 1 amide bonds. The molecule has 3 aromatic rings. The molecular weight excluding hydrogens is 344 g/mol. The van der Waals surface area contributed by atoms with E-state index in [4.69, 9.17) is 5.11 Å². The molecule has 0 radical (unpaired) electrons. The van der Waals surface area contributed by atoms with Crippen LogP contribution in [0.1, 0.15) is 15.9 Å². The Morgan fingerprint density at radius 2 is 2.04 bits per heavy atom. The highest BCUT2D eigenvalue weighted by Gasteiger charge is 2.10. The molecule has 24 heavy (non-hydrogen) atoms. The summed E-state index contributed by atoms with van der Waals surface area (Å²) in [6.45, 7) is 1.77. The minimum atomic E-state index is -0.984. The molecule has 0 fully saturated rings. The van der Waals surface area contributed by atoms with E-state index in [2.05, 4.69) is 10.3 Å². The van der Waals surface area contributed by atoms with Gasteiger partial charge in [-0.25, -0.2) is 9.78 Å². The van der Waals surface area contributed by atoms with Crippen molar-refractivity contribution in [3.8, 4) is 0 Å². The molecule has 7 heteroatoms. The highest BCUT2D eigenvalue weighted by molar-refractivity contribution is 8.01. The summed E-state index contributed by atoms with van der Waals surface area (Å²) in [6, 6.07) is 12.5. The van der Waals surface area contributed by atoms with Crippen LogP contribution >= 0.6 is 23.1 Å².